The van der Waals surface area contributed by atoms with E-state index in [2.05, 4.69) is 5.32 Å². The van der Waals surface area contributed by atoms with Gasteiger partial charge in [-0.15, -0.1) is 0 Å². The van der Waals surface area contributed by atoms with Crippen molar-refractivity contribution in [3.63, 3.8) is 0 Å². The van der Waals surface area contributed by atoms with Crippen LogP contribution in [0.4, 0.5) is 0 Å². The Morgan fingerprint density at radius 3 is 2.54 bits per heavy atom. The minimum Gasteiger partial charge on any atom is -0.396 e. The standard InChI is InChI=1S/C8H16N2O3/c1-7(12)10(2)6-8(13)9-4-3-5-11/h11H,3-6H2,1-2H3,(H,9,13). The lowest BCUT2D eigenvalue weighted by Crippen LogP contribution is -2.37. The van der Waals surface area contributed by atoms with Crippen molar-refractivity contribution in [3.05, 3.63) is 0 Å². The lowest BCUT2D eigenvalue weighted by Gasteiger charge is -2.13. The summed E-state index contributed by atoms with van der Waals surface area (Å²) in [6.45, 7) is 1.98. The number of amides is 2. The minimum atomic E-state index is -0.203. The quantitative estimate of drug-likeness (QED) is 0.542. The Bertz CT molecular complexity index is 182. The van der Waals surface area contributed by atoms with Crippen molar-refractivity contribution in [3.8, 4) is 0 Å². The molecule has 0 aliphatic heterocycles. The summed E-state index contributed by atoms with van der Waals surface area (Å²) in [6.07, 6.45) is 0.537. The number of nitrogens with one attached hydrogen (secondary N) is 1. The molecule has 2 N–H and O–H groups in total. The van der Waals surface area contributed by atoms with Crippen molar-refractivity contribution in [2.75, 3.05) is 26.7 Å². The van der Waals surface area contributed by atoms with Gasteiger partial charge in [0.2, 0.25) is 11.8 Å². The highest BCUT2D eigenvalue weighted by molar-refractivity contribution is 5.83. The van der Waals surface area contributed by atoms with Crippen molar-refractivity contribution in [2.24, 2.45) is 0 Å². The second-order valence-corrected chi connectivity index (χ2v) is 2.80. The fraction of sp³-hybridized carbons (Fsp3) is 0.750. The molecule has 0 aliphatic rings. The Labute approximate surface area is 77.7 Å². The summed E-state index contributed by atoms with van der Waals surface area (Å²) in [5.74, 6) is -0.344. The molecular formula is C8H16N2O3. The zero-order chi connectivity index (χ0) is 10.3. The van der Waals surface area contributed by atoms with E-state index in [1.807, 2.05) is 0 Å². The molecule has 0 atom stereocenters. The molecule has 0 aliphatic carbocycles. The Kier molecular flexibility index (Phi) is 5.88. The van der Waals surface area contributed by atoms with Crippen LogP contribution in [0, 0.1) is 0 Å². The van der Waals surface area contributed by atoms with Gasteiger partial charge in [-0.05, 0) is 6.42 Å². The second kappa shape index (κ2) is 6.42. The van der Waals surface area contributed by atoms with E-state index in [-0.39, 0.29) is 25.0 Å². The molecule has 0 rings (SSSR count). The molecule has 0 spiro atoms. The first kappa shape index (κ1) is 11.9. The molecule has 0 radical (unpaired) electrons. The molecule has 0 saturated carbocycles. The van der Waals surface area contributed by atoms with Crippen molar-refractivity contribution in [1.82, 2.24) is 10.2 Å². The zero-order valence-corrected chi connectivity index (χ0v) is 8.04. The molecule has 13 heavy (non-hydrogen) atoms. The van der Waals surface area contributed by atoms with Gasteiger partial charge in [-0.1, -0.05) is 0 Å². The lowest BCUT2D eigenvalue weighted by molar-refractivity contribution is -0.133. The molecule has 0 bridgehead atoms. The molecule has 0 heterocycles. The molecule has 0 aromatic heterocycles. The number of carbonyl (C=O) groups is 2. The third kappa shape index (κ3) is 6.10. The number of hydrogen-bond donors (Lipinski definition) is 2. The number of aliphatic hydroxyl groups is 1. The molecule has 76 valence electrons. The van der Waals surface area contributed by atoms with Gasteiger partial charge >= 0.3 is 0 Å². The molecule has 5 heteroatoms. The van der Waals surface area contributed by atoms with E-state index < -0.39 is 0 Å². The van der Waals surface area contributed by atoms with E-state index in [1.165, 1.54) is 11.8 Å². The first-order chi connectivity index (χ1) is 6.07. The summed E-state index contributed by atoms with van der Waals surface area (Å²) in [5.41, 5.74) is 0. The Morgan fingerprint density at radius 1 is 1.46 bits per heavy atom. The molecule has 2 amide bonds. The highest BCUT2D eigenvalue weighted by atomic mass is 16.3. The molecule has 0 saturated heterocycles. The van der Waals surface area contributed by atoms with Gasteiger partial charge in [0.15, 0.2) is 0 Å². The van der Waals surface area contributed by atoms with Crippen LogP contribution in [0.3, 0.4) is 0 Å². The van der Waals surface area contributed by atoms with Crippen LogP contribution in [-0.2, 0) is 9.59 Å². The highest BCUT2D eigenvalue weighted by Gasteiger charge is 2.07. The van der Waals surface area contributed by atoms with Crippen LogP contribution >= 0.6 is 0 Å². The van der Waals surface area contributed by atoms with Gasteiger partial charge in [0, 0.05) is 27.1 Å². The van der Waals surface area contributed by atoms with E-state index in [0.29, 0.717) is 13.0 Å². The van der Waals surface area contributed by atoms with Gasteiger partial charge in [-0.2, -0.15) is 0 Å². The second-order valence-electron chi connectivity index (χ2n) is 2.80. The monoisotopic (exact) mass is 188 g/mol. The van der Waals surface area contributed by atoms with E-state index in [0.717, 1.165) is 0 Å². The molecular weight excluding hydrogens is 172 g/mol. The van der Waals surface area contributed by atoms with Gasteiger partial charge < -0.3 is 15.3 Å². The maximum atomic E-state index is 11.0. The van der Waals surface area contributed by atoms with E-state index in [1.54, 1.807) is 7.05 Å². The van der Waals surface area contributed by atoms with Gasteiger partial charge in [0.05, 0.1) is 6.54 Å². The molecule has 0 unspecified atom stereocenters. The fourth-order valence-electron chi connectivity index (χ4n) is 0.690. The van der Waals surface area contributed by atoms with Gasteiger partial charge in [0.1, 0.15) is 0 Å². The van der Waals surface area contributed by atoms with Crippen molar-refractivity contribution < 1.29 is 14.7 Å². The van der Waals surface area contributed by atoms with Crippen LogP contribution in [0.25, 0.3) is 0 Å². The predicted molar refractivity (Wildman–Crippen MR) is 48.0 cm³/mol. The fourth-order valence-corrected chi connectivity index (χ4v) is 0.690. The Hall–Kier alpha value is -1.10. The molecule has 0 aromatic rings. The summed E-state index contributed by atoms with van der Waals surface area (Å²) in [5, 5.41) is 11.0. The first-order valence-electron chi connectivity index (χ1n) is 4.17. The number of hydrogen-bond acceptors (Lipinski definition) is 3. The molecule has 0 fully saturated rings. The van der Waals surface area contributed by atoms with Crippen LogP contribution in [0.2, 0.25) is 0 Å². The first-order valence-corrected chi connectivity index (χ1v) is 4.17. The van der Waals surface area contributed by atoms with Crippen LogP contribution in [0.1, 0.15) is 13.3 Å². The molecule has 5 nitrogen and oxygen atoms in total. The predicted octanol–water partition coefficient (Wildman–Crippen LogP) is -1.04. The van der Waals surface area contributed by atoms with Crippen LogP contribution < -0.4 is 5.32 Å². The van der Waals surface area contributed by atoms with Crippen molar-refractivity contribution in [1.29, 1.82) is 0 Å². The van der Waals surface area contributed by atoms with Crippen molar-refractivity contribution >= 4 is 11.8 Å². The minimum absolute atomic E-state index is 0.0584. The van der Waals surface area contributed by atoms with E-state index >= 15 is 0 Å². The largest absolute Gasteiger partial charge is 0.396 e. The third-order valence-electron chi connectivity index (χ3n) is 1.58. The highest BCUT2D eigenvalue weighted by Crippen LogP contribution is 1.83. The Morgan fingerprint density at radius 2 is 2.08 bits per heavy atom. The topological polar surface area (TPSA) is 69.6 Å². The maximum absolute atomic E-state index is 11.0. The van der Waals surface area contributed by atoms with E-state index in [9.17, 15) is 9.59 Å². The summed E-state index contributed by atoms with van der Waals surface area (Å²) < 4.78 is 0. The average Bonchev–Trinajstić information content (AvgIpc) is 2.04. The van der Waals surface area contributed by atoms with Crippen LogP contribution in [0.5, 0.6) is 0 Å². The smallest absolute Gasteiger partial charge is 0.239 e. The third-order valence-corrected chi connectivity index (χ3v) is 1.58. The van der Waals surface area contributed by atoms with Gasteiger partial charge in [-0.25, -0.2) is 0 Å². The number of rotatable bonds is 5. The van der Waals surface area contributed by atoms with E-state index in [4.69, 9.17) is 5.11 Å². The molecule has 0 aromatic carbocycles. The van der Waals surface area contributed by atoms with Gasteiger partial charge in [-0.3, -0.25) is 9.59 Å². The van der Waals surface area contributed by atoms with Crippen LogP contribution in [0.15, 0.2) is 0 Å². The normalized spacial score (nSPS) is 9.46. The average molecular weight is 188 g/mol. The summed E-state index contributed by atoms with van der Waals surface area (Å²) in [7, 11) is 1.56. The summed E-state index contributed by atoms with van der Waals surface area (Å²) in [4.78, 5) is 23.1. The number of nitrogens with zero attached hydrogens (tertiary/aromatic N) is 1. The van der Waals surface area contributed by atoms with Crippen molar-refractivity contribution in [2.45, 2.75) is 13.3 Å². The van der Waals surface area contributed by atoms with Gasteiger partial charge in [0.25, 0.3) is 0 Å². The summed E-state index contributed by atoms with van der Waals surface area (Å²) >= 11 is 0. The SMILES string of the molecule is CC(=O)N(C)CC(=O)NCCCO. The Balaban J connectivity index is 3.56. The summed E-state index contributed by atoms with van der Waals surface area (Å²) in [6, 6.07) is 0. The zero-order valence-electron chi connectivity index (χ0n) is 8.04. The number of aliphatic hydroxyl groups excluding tert-OH is 1. The number of carbonyl (C=O) groups excluding carboxylic acids is 2. The maximum Gasteiger partial charge on any atom is 0.239 e. The lowest BCUT2D eigenvalue weighted by atomic mass is 10.4. The number of likely N-dealkylation sites (N-methyl/N-ethyl adjacent to an activating group) is 1. The van der Waals surface area contributed by atoms with Crippen LogP contribution in [-0.4, -0.2) is 48.6 Å².